The van der Waals surface area contributed by atoms with Gasteiger partial charge in [0.1, 0.15) is 5.75 Å². The van der Waals surface area contributed by atoms with Gasteiger partial charge in [0.05, 0.1) is 25.3 Å². The summed E-state index contributed by atoms with van der Waals surface area (Å²) in [6.07, 6.45) is 0. The lowest BCUT2D eigenvalue weighted by atomic mass is 9.95. The third-order valence-corrected chi connectivity index (χ3v) is 5.49. The Hall–Kier alpha value is -3.59. The summed E-state index contributed by atoms with van der Waals surface area (Å²) in [7, 11) is 3.38. The molecule has 0 spiro atoms. The Morgan fingerprint density at radius 2 is 1.62 bits per heavy atom. The molecule has 1 aliphatic heterocycles. The molecule has 2 amide bonds. The lowest BCUT2D eigenvalue weighted by molar-refractivity contribution is -0.139. The second-order valence-electron chi connectivity index (χ2n) is 7.09. The molecule has 0 bridgehead atoms. The third-order valence-electron chi connectivity index (χ3n) is 5.10. The molecule has 8 nitrogen and oxygen atoms in total. The molecular weight excluding hydrogens is 428 g/mol. The van der Waals surface area contributed by atoms with Crippen LogP contribution in [0, 0.1) is 0 Å². The van der Waals surface area contributed by atoms with Crippen LogP contribution in [0.25, 0.3) is 0 Å². The minimum absolute atomic E-state index is 0.280. The van der Waals surface area contributed by atoms with E-state index in [0.29, 0.717) is 27.8 Å². The highest BCUT2D eigenvalue weighted by atomic mass is 32.1. The first-order valence-corrected chi connectivity index (χ1v) is 10.5. The Morgan fingerprint density at radius 1 is 1.06 bits per heavy atom. The number of carbonyl (C=O) groups is 2. The molecule has 9 heteroatoms. The molecule has 1 atom stereocenters. The highest BCUT2D eigenvalue weighted by molar-refractivity contribution is 7.80. The first-order valence-electron chi connectivity index (χ1n) is 10.1. The van der Waals surface area contributed by atoms with Gasteiger partial charge in [-0.25, -0.2) is 9.59 Å². The molecule has 0 saturated carbocycles. The number of carbonyl (C=O) groups excluding carboxylic acids is 2. The van der Waals surface area contributed by atoms with Crippen LogP contribution in [0.2, 0.25) is 0 Å². The number of hydrogen-bond acceptors (Lipinski definition) is 5. The summed E-state index contributed by atoms with van der Waals surface area (Å²) in [5.74, 6) is 0.318. The van der Waals surface area contributed by atoms with Crippen LogP contribution in [0.15, 0.2) is 59.8 Å². The lowest BCUT2D eigenvalue weighted by Crippen LogP contribution is -2.46. The molecule has 1 heterocycles. The van der Waals surface area contributed by atoms with Gasteiger partial charge in [0.15, 0.2) is 5.11 Å². The summed E-state index contributed by atoms with van der Waals surface area (Å²) in [5, 5.41) is 9.26. The van der Waals surface area contributed by atoms with Crippen molar-refractivity contribution in [3.63, 3.8) is 0 Å². The molecule has 3 rings (SSSR count). The van der Waals surface area contributed by atoms with Crippen molar-refractivity contribution in [3.8, 4) is 5.75 Å². The molecule has 0 unspecified atom stereocenters. The highest BCUT2D eigenvalue weighted by Gasteiger charge is 2.33. The summed E-state index contributed by atoms with van der Waals surface area (Å²) >= 11 is 5.40. The van der Waals surface area contributed by atoms with Crippen LogP contribution in [0.1, 0.15) is 25.5 Å². The summed E-state index contributed by atoms with van der Waals surface area (Å²) in [5.41, 5.74) is 3.31. The molecule has 2 aromatic rings. The van der Waals surface area contributed by atoms with Gasteiger partial charge in [0.2, 0.25) is 0 Å². The Bertz CT molecular complexity index is 1030. The van der Waals surface area contributed by atoms with Crippen molar-refractivity contribution in [2.75, 3.05) is 31.4 Å². The SMILES string of the molecule is CCOC(=O)C1=C(C)N(C)C(=S)N[C@@H]1c1ccc(NC(=O)Nc2ccc(OC)cc2)cc1. The van der Waals surface area contributed by atoms with E-state index < -0.39 is 12.0 Å². The Labute approximate surface area is 192 Å². The number of esters is 1. The monoisotopic (exact) mass is 454 g/mol. The predicted molar refractivity (Wildman–Crippen MR) is 128 cm³/mol. The molecule has 2 aromatic carbocycles. The smallest absolute Gasteiger partial charge is 0.338 e. The van der Waals surface area contributed by atoms with Gasteiger partial charge in [-0.05, 0) is 68.0 Å². The number of hydrogen-bond donors (Lipinski definition) is 3. The number of anilines is 2. The highest BCUT2D eigenvalue weighted by Crippen LogP contribution is 2.31. The molecule has 32 heavy (non-hydrogen) atoms. The molecule has 0 aliphatic carbocycles. The van der Waals surface area contributed by atoms with Crippen LogP contribution in [0.4, 0.5) is 16.2 Å². The predicted octanol–water partition coefficient (Wildman–Crippen LogP) is 4.04. The molecular formula is C23H26N4O4S. The summed E-state index contributed by atoms with van der Waals surface area (Å²) in [6, 6.07) is 13.4. The van der Waals surface area contributed by atoms with Gasteiger partial charge in [-0.3, -0.25) is 0 Å². The number of rotatable bonds is 6. The van der Waals surface area contributed by atoms with Crippen molar-refractivity contribution in [1.82, 2.24) is 10.2 Å². The average molecular weight is 455 g/mol. The van der Waals surface area contributed by atoms with E-state index in [9.17, 15) is 9.59 Å². The van der Waals surface area contributed by atoms with Gasteiger partial charge >= 0.3 is 12.0 Å². The van der Waals surface area contributed by atoms with E-state index in [4.69, 9.17) is 21.7 Å². The Balaban J connectivity index is 1.73. The minimum Gasteiger partial charge on any atom is -0.497 e. The van der Waals surface area contributed by atoms with Crippen LogP contribution in [-0.4, -0.2) is 42.8 Å². The number of nitrogens with one attached hydrogen (secondary N) is 3. The number of methoxy groups -OCH3 is 1. The second-order valence-corrected chi connectivity index (χ2v) is 7.48. The van der Waals surface area contributed by atoms with Crippen LogP contribution in [0.5, 0.6) is 5.75 Å². The largest absolute Gasteiger partial charge is 0.497 e. The zero-order valence-electron chi connectivity index (χ0n) is 18.4. The number of urea groups is 1. The molecule has 3 N–H and O–H groups in total. The van der Waals surface area contributed by atoms with Crippen molar-refractivity contribution in [1.29, 1.82) is 0 Å². The Kier molecular flexibility index (Phi) is 7.32. The fourth-order valence-corrected chi connectivity index (χ4v) is 3.54. The van der Waals surface area contributed by atoms with E-state index in [1.807, 2.05) is 19.1 Å². The lowest BCUT2D eigenvalue weighted by Gasteiger charge is -2.35. The fourth-order valence-electron chi connectivity index (χ4n) is 3.29. The maximum atomic E-state index is 12.6. The number of allylic oxidation sites excluding steroid dienone is 1. The van der Waals surface area contributed by atoms with Crippen molar-refractivity contribution in [2.45, 2.75) is 19.9 Å². The molecule has 0 radical (unpaired) electrons. The summed E-state index contributed by atoms with van der Waals surface area (Å²) in [6.45, 7) is 3.89. The van der Waals surface area contributed by atoms with Crippen molar-refractivity contribution in [2.24, 2.45) is 0 Å². The van der Waals surface area contributed by atoms with Crippen molar-refractivity contribution < 1.29 is 19.1 Å². The van der Waals surface area contributed by atoms with Crippen molar-refractivity contribution >= 4 is 40.7 Å². The second kappa shape index (κ2) is 10.1. The minimum atomic E-state index is -0.445. The zero-order valence-corrected chi connectivity index (χ0v) is 19.2. The summed E-state index contributed by atoms with van der Waals surface area (Å²) < 4.78 is 10.4. The van der Waals surface area contributed by atoms with Gasteiger partial charge in [0.25, 0.3) is 0 Å². The van der Waals surface area contributed by atoms with Gasteiger partial charge < -0.3 is 30.3 Å². The van der Waals surface area contributed by atoms with E-state index in [2.05, 4.69) is 16.0 Å². The zero-order chi connectivity index (χ0) is 23.3. The van der Waals surface area contributed by atoms with Crippen LogP contribution in [0.3, 0.4) is 0 Å². The molecule has 0 saturated heterocycles. The van der Waals surface area contributed by atoms with Gasteiger partial charge in [0, 0.05) is 24.1 Å². The molecule has 1 aliphatic rings. The standard InChI is InChI=1S/C23H26N4O4S/c1-5-31-21(28)19-14(2)27(3)23(32)26-20(19)15-6-8-16(9-7-15)24-22(29)25-17-10-12-18(30-4)13-11-17/h6-13,20H,5H2,1-4H3,(H,26,32)(H2,24,25,29)/t20-/m1/s1. The average Bonchev–Trinajstić information content (AvgIpc) is 2.78. The first-order chi connectivity index (χ1) is 15.3. The number of benzene rings is 2. The molecule has 0 aromatic heterocycles. The Morgan fingerprint density at radius 3 is 2.16 bits per heavy atom. The van der Waals surface area contributed by atoms with Crippen molar-refractivity contribution in [3.05, 3.63) is 65.4 Å². The third kappa shape index (κ3) is 5.17. The topological polar surface area (TPSA) is 91.9 Å². The van der Waals surface area contributed by atoms with Gasteiger partial charge in [-0.2, -0.15) is 0 Å². The van der Waals surface area contributed by atoms with Crippen LogP contribution < -0.4 is 20.7 Å². The number of thiocarbonyl (C=S) groups is 1. The maximum absolute atomic E-state index is 12.6. The maximum Gasteiger partial charge on any atom is 0.338 e. The van der Waals surface area contributed by atoms with Crippen LogP contribution >= 0.6 is 12.2 Å². The van der Waals surface area contributed by atoms with E-state index in [1.54, 1.807) is 62.4 Å². The van der Waals surface area contributed by atoms with Gasteiger partial charge in [-0.1, -0.05) is 12.1 Å². The van der Waals surface area contributed by atoms with E-state index >= 15 is 0 Å². The normalized spacial score (nSPS) is 15.7. The van der Waals surface area contributed by atoms with Gasteiger partial charge in [-0.15, -0.1) is 0 Å². The fraction of sp³-hybridized carbons (Fsp3) is 0.261. The van der Waals surface area contributed by atoms with E-state index in [0.717, 1.165) is 11.3 Å². The number of amides is 2. The summed E-state index contributed by atoms with van der Waals surface area (Å²) in [4.78, 5) is 26.7. The quantitative estimate of drug-likeness (QED) is 0.448. The van der Waals surface area contributed by atoms with E-state index in [1.165, 1.54) is 0 Å². The molecule has 168 valence electrons. The van der Waals surface area contributed by atoms with E-state index in [-0.39, 0.29) is 12.6 Å². The van der Waals surface area contributed by atoms with Crippen LogP contribution in [-0.2, 0) is 9.53 Å². The first kappa shape index (κ1) is 23.1. The molecule has 0 fully saturated rings. The number of ether oxygens (including phenoxy) is 2. The number of nitrogens with zero attached hydrogens (tertiary/aromatic N) is 1.